The molecule has 0 aliphatic heterocycles. The van der Waals surface area contributed by atoms with Crippen LogP contribution in [0.1, 0.15) is 30.1 Å². The van der Waals surface area contributed by atoms with Crippen LogP contribution < -0.4 is 10.6 Å². The Bertz CT molecular complexity index is 699. The Hall–Kier alpha value is -1.71. The van der Waals surface area contributed by atoms with Crippen LogP contribution in [0.25, 0.3) is 0 Å². The Morgan fingerprint density at radius 3 is 2.32 bits per heavy atom. The molecule has 2 aromatic rings. The number of rotatable bonds is 9. The average Bonchev–Trinajstić information content (AvgIpc) is 2.70. The Balaban J connectivity index is 0.00000392. The van der Waals surface area contributed by atoms with Crippen molar-refractivity contribution < 1.29 is 14.2 Å². The lowest BCUT2D eigenvalue weighted by Gasteiger charge is -2.19. The van der Waals surface area contributed by atoms with Gasteiger partial charge in [-0.05, 0) is 30.2 Å². The summed E-state index contributed by atoms with van der Waals surface area (Å²) in [4.78, 5) is 4.59. The van der Waals surface area contributed by atoms with Crippen molar-refractivity contribution in [2.75, 3.05) is 33.4 Å². The molecule has 2 aromatic carbocycles. The first-order valence-corrected chi connectivity index (χ1v) is 9.14. The fourth-order valence-corrected chi connectivity index (χ4v) is 2.74. The summed E-state index contributed by atoms with van der Waals surface area (Å²) in [6.45, 7) is 3.69. The van der Waals surface area contributed by atoms with Gasteiger partial charge in [0.15, 0.2) is 5.96 Å². The Morgan fingerprint density at radius 1 is 1.07 bits per heavy atom. The molecule has 0 saturated heterocycles. The van der Waals surface area contributed by atoms with Crippen molar-refractivity contribution in [3.8, 4) is 0 Å². The number of benzene rings is 2. The van der Waals surface area contributed by atoms with E-state index in [9.17, 15) is 9.50 Å². The molecule has 0 spiro atoms. The van der Waals surface area contributed by atoms with Crippen LogP contribution in [0.2, 0.25) is 0 Å². The van der Waals surface area contributed by atoms with E-state index >= 15 is 0 Å². The van der Waals surface area contributed by atoms with E-state index in [2.05, 4.69) is 15.6 Å². The highest BCUT2D eigenvalue weighted by molar-refractivity contribution is 14.0. The molecule has 3 N–H and O–H groups in total. The molecule has 0 amide bonds. The summed E-state index contributed by atoms with van der Waals surface area (Å²) in [6.07, 6.45) is -0.225. The lowest BCUT2D eigenvalue weighted by Crippen LogP contribution is -2.40. The van der Waals surface area contributed by atoms with E-state index in [1.54, 1.807) is 19.2 Å². The smallest absolute Gasteiger partial charge is 0.191 e. The summed E-state index contributed by atoms with van der Waals surface area (Å²) in [5.41, 5.74) is 1.94. The summed E-state index contributed by atoms with van der Waals surface area (Å²) >= 11 is 0. The molecular weight excluding hydrogens is 472 g/mol. The van der Waals surface area contributed by atoms with Gasteiger partial charge in [0, 0.05) is 26.1 Å². The van der Waals surface area contributed by atoms with Crippen molar-refractivity contribution >= 4 is 29.9 Å². The van der Waals surface area contributed by atoms with Crippen LogP contribution in [-0.4, -0.2) is 44.4 Å². The van der Waals surface area contributed by atoms with Gasteiger partial charge in [-0.15, -0.1) is 24.0 Å². The van der Waals surface area contributed by atoms with Gasteiger partial charge >= 0.3 is 0 Å². The number of ether oxygens (including phenoxy) is 1. The highest BCUT2D eigenvalue weighted by Gasteiger charge is 2.13. The number of halogens is 2. The van der Waals surface area contributed by atoms with Crippen LogP contribution in [0, 0.1) is 5.82 Å². The fourth-order valence-electron chi connectivity index (χ4n) is 2.74. The predicted molar refractivity (Wildman–Crippen MR) is 122 cm³/mol. The van der Waals surface area contributed by atoms with E-state index in [1.165, 1.54) is 12.1 Å². The maximum atomic E-state index is 13.1. The van der Waals surface area contributed by atoms with Gasteiger partial charge in [0.1, 0.15) is 5.82 Å². The van der Waals surface area contributed by atoms with Crippen molar-refractivity contribution in [2.24, 2.45) is 4.99 Å². The summed E-state index contributed by atoms with van der Waals surface area (Å²) in [6, 6.07) is 16.1. The molecular formula is C21H29FIN3O2. The Kier molecular flexibility index (Phi) is 11.7. The third kappa shape index (κ3) is 7.73. The molecule has 0 radical (unpaired) electrons. The number of aliphatic hydroxyl groups is 1. The van der Waals surface area contributed by atoms with Crippen LogP contribution in [0.15, 0.2) is 59.6 Å². The van der Waals surface area contributed by atoms with Gasteiger partial charge < -0.3 is 20.5 Å². The molecule has 0 saturated carbocycles. The standard InChI is InChI=1S/C21H28FN3O2.HI/c1-3-23-21(24-13-18(15-26)16-7-5-4-6-8-16)25-14-20(27-2)17-9-11-19(22)12-10-17;/h4-12,18,20,26H,3,13-15H2,1-2H3,(H2,23,24,25);1H. The molecule has 0 bridgehead atoms. The van der Waals surface area contributed by atoms with Crippen LogP contribution >= 0.6 is 24.0 Å². The van der Waals surface area contributed by atoms with Gasteiger partial charge in [-0.2, -0.15) is 0 Å². The minimum Gasteiger partial charge on any atom is -0.396 e. The second-order valence-electron chi connectivity index (χ2n) is 6.17. The SMILES string of the molecule is CCNC(=NCC(CO)c1ccccc1)NCC(OC)c1ccc(F)cc1.I. The van der Waals surface area contributed by atoms with Crippen LogP contribution in [-0.2, 0) is 4.74 Å². The van der Waals surface area contributed by atoms with E-state index < -0.39 is 0 Å². The predicted octanol–water partition coefficient (Wildman–Crippen LogP) is 3.46. The summed E-state index contributed by atoms with van der Waals surface area (Å²) < 4.78 is 18.6. The molecule has 7 heteroatoms. The summed E-state index contributed by atoms with van der Waals surface area (Å²) in [5.74, 6) is 0.320. The second kappa shape index (κ2) is 13.5. The zero-order chi connectivity index (χ0) is 19.5. The van der Waals surface area contributed by atoms with Crippen molar-refractivity contribution in [1.29, 1.82) is 0 Å². The van der Waals surface area contributed by atoms with Crippen molar-refractivity contribution in [3.05, 3.63) is 71.5 Å². The highest BCUT2D eigenvalue weighted by Crippen LogP contribution is 2.17. The van der Waals surface area contributed by atoms with Gasteiger partial charge in [-0.1, -0.05) is 42.5 Å². The maximum absolute atomic E-state index is 13.1. The number of aliphatic imine (C=N–C) groups is 1. The number of guanidine groups is 1. The van der Waals surface area contributed by atoms with Gasteiger partial charge in [0.25, 0.3) is 0 Å². The Morgan fingerprint density at radius 2 is 1.75 bits per heavy atom. The minimum atomic E-state index is -0.271. The first-order chi connectivity index (χ1) is 13.2. The van der Waals surface area contributed by atoms with E-state index in [0.29, 0.717) is 19.0 Å². The largest absolute Gasteiger partial charge is 0.396 e. The molecule has 0 heterocycles. The van der Waals surface area contributed by atoms with E-state index in [0.717, 1.165) is 17.7 Å². The number of hydrogen-bond acceptors (Lipinski definition) is 3. The number of methoxy groups -OCH3 is 1. The molecule has 0 aromatic heterocycles. The number of aliphatic hydroxyl groups excluding tert-OH is 1. The van der Waals surface area contributed by atoms with Gasteiger partial charge in [0.2, 0.25) is 0 Å². The fraction of sp³-hybridized carbons (Fsp3) is 0.381. The molecule has 0 fully saturated rings. The third-order valence-corrected chi connectivity index (χ3v) is 4.29. The van der Waals surface area contributed by atoms with Gasteiger partial charge in [0.05, 0.1) is 19.3 Å². The first-order valence-electron chi connectivity index (χ1n) is 9.14. The average molecular weight is 501 g/mol. The molecule has 0 aliphatic rings. The molecule has 2 unspecified atom stereocenters. The zero-order valence-corrected chi connectivity index (χ0v) is 18.6. The van der Waals surface area contributed by atoms with E-state index in [1.807, 2.05) is 37.3 Å². The van der Waals surface area contributed by atoms with Crippen LogP contribution in [0.5, 0.6) is 0 Å². The van der Waals surface area contributed by atoms with E-state index in [-0.39, 0.29) is 48.4 Å². The number of nitrogens with one attached hydrogen (secondary N) is 2. The molecule has 28 heavy (non-hydrogen) atoms. The van der Waals surface area contributed by atoms with E-state index in [4.69, 9.17) is 4.74 Å². The minimum absolute atomic E-state index is 0. The molecule has 5 nitrogen and oxygen atoms in total. The van der Waals surface area contributed by atoms with Crippen LogP contribution in [0.4, 0.5) is 4.39 Å². The van der Waals surface area contributed by atoms with Gasteiger partial charge in [-0.25, -0.2) is 4.39 Å². The topological polar surface area (TPSA) is 65.9 Å². The number of nitrogens with zero attached hydrogens (tertiary/aromatic N) is 1. The summed E-state index contributed by atoms with van der Waals surface area (Å²) in [5, 5.41) is 16.1. The maximum Gasteiger partial charge on any atom is 0.191 e. The monoisotopic (exact) mass is 501 g/mol. The second-order valence-corrected chi connectivity index (χ2v) is 6.17. The first kappa shape index (κ1) is 24.3. The molecule has 2 rings (SSSR count). The molecule has 2 atom stereocenters. The quantitative estimate of drug-likeness (QED) is 0.280. The third-order valence-electron chi connectivity index (χ3n) is 4.29. The van der Waals surface area contributed by atoms with Crippen molar-refractivity contribution in [2.45, 2.75) is 18.9 Å². The normalized spacial score (nSPS) is 13.4. The van der Waals surface area contributed by atoms with Crippen molar-refractivity contribution in [3.63, 3.8) is 0 Å². The van der Waals surface area contributed by atoms with Crippen LogP contribution in [0.3, 0.4) is 0 Å². The summed E-state index contributed by atoms with van der Waals surface area (Å²) in [7, 11) is 1.62. The zero-order valence-electron chi connectivity index (χ0n) is 16.3. The molecule has 0 aliphatic carbocycles. The Labute approximate surface area is 183 Å². The van der Waals surface area contributed by atoms with Gasteiger partial charge in [-0.3, -0.25) is 4.99 Å². The number of hydrogen-bond donors (Lipinski definition) is 3. The lowest BCUT2D eigenvalue weighted by molar-refractivity contribution is 0.106. The highest BCUT2D eigenvalue weighted by atomic mass is 127. The molecule has 154 valence electrons. The van der Waals surface area contributed by atoms with Crippen molar-refractivity contribution in [1.82, 2.24) is 10.6 Å². The lowest BCUT2D eigenvalue weighted by atomic mass is 10.0.